The molecule has 9 nitrogen and oxygen atoms in total. The molecule has 10 heteroatoms. The normalized spacial score (nSPS) is 17.2. The number of piperidine rings is 1. The number of aromatic nitrogens is 2. The summed E-state index contributed by atoms with van der Waals surface area (Å²) in [6.45, 7) is 6.34. The lowest BCUT2D eigenvalue weighted by Gasteiger charge is -2.36. The van der Waals surface area contributed by atoms with Gasteiger partial charge in [-0.3, -0.25) is 9.69 Å². The number of fused-ring (bicyclic) bond motifs is 1. The molecule has 1 fully saturated rings. The Morgan fingerprint density at radius 1 is 1.45 bits per heavy atom. The van der Waals surface area contributed by atoms with Gasteiger partial charge in [0.2, 0.25) is 5.91 Å². The second-order valence-corrected chi connectivity index (χ2v) is 8.79. The molecule has 0 bridgehead atoms. The zero-order valence-electron chi connectivity index (χ0n) is 16.7. The predicted octanol–water partition coefficient (Wildman–Crippen LogP) is 2.75. The maximum absolute atomic E-state index is 13.3. The van der Waals surface area contributed by atoms with E-state index in [1.54, 1.807) is 17.3 Å². The standard InChI is InChI=1S/C19H26BrN5O4/c1-19(2,3)29-18(28)25(11-5-4-6-21-7-11)16-12(20)8-22-17-15(16)13(9-23-17)24-14(27)10-26/h8-9,11,21,26H,4-7,10H2,1-3H3,(H,22,23)(H,24,27)/t11-/m1/s1. The van der Waals surface area contributed by atoms with Gasteiger partial charge in [0.15, 0.2) is 0 Å². The van der Waals surface area contributed by atoms with E-state index in [0.717, 1.165) is 19.4 Å². The van der Waals surface area contributed by atoms with Gasteiger partial charge in [-0.2, -0.15) is 0 Å². The van der Waals surface area contributed by atoms with Crippen LogP contribution in [0.25, 0.3) is 11.0 Å². The van der Waals surface area contributed by atoms with E-state index in [1.807, 2.05) is 20.8 Å². The number of carbonyl (C=O) groups excluding carboxylic acids is 2. The first-order chi connectivity index (χ1) is 13.7. The Morgan fingerprint density at radius 2 is 2.21 bits per heavy atom. The molecular weight excluding hydrogens is 442 g/mol. The molecule has 3 heterocycles. The summed E-state index contributed by atoms with van der Waals surface area (Å²) in [4.78, 5) is 34.0. The molecule has 2 amide bonds. The van der Waals surface area contributed by atoms with Crippen molar-refractivity contribution in [3.8, 4) is 0 Å². The average Bonchev–Trinajstić information content (AvgIpc) is 3.06. The van der Waals surface area contributed by atoms with Gasteiger partial charge in [-0.1, -0.05) is 0 Å². The maximum Gasteiger partial charge on any atom is 0.415 e. The van der Waals surface area contributed by atoms with Crippen LogP contribution in [0.2, 0.25) is 0 Å². The zero-order chi connectivity index (χ0) is 21.2. The largest absolute Gasteiger partial charge is 0.443 e. The molecule has 0 aromatic carbocycles. The Kier molecular flexibility index (Phi) is 6.45. The Labute approximate surface area is 177 Å². The second kappa shape index (κ2) is 8.68. The molecule has 1 aliphatic heterocycles. The number of amides is 2. The number of pyridine rings is 1. The summed E-state index contributed by atoms with van der Waals surface area (Å²) < 4.78 is 6.31. The third-order valence-corrected chi connectivity index (χ3v) is 5.09. The summed E-state index contributed by atoms with van der Waals surface area (Å²) >= 11 is 3.53. The van der Waals surface area contributed by atoms with Crippen LogP contribution in [-0.2, 0) is 9.53 Å². The molecule has 0 spiro atoms. The van der Waals surface area contributed by atoms with Crippen molar-refractivity contribution in [2.75, 3.05) is 29.9 Å². The van der Waals surface area contributed by atoms with Crippen LogP contribution in [0.15, 0.2) is 16.9 Å². The molecule has 4 N–H and O–H groups in total. The number of halogens is 1. The van der Waals surface area contributed by atoms with Crippen molar-refractivity contribution in [3.63, 3.8) is 0 Å². The van der Waals surface area contributed by atoms with E-state index in [1.165, 1.54) is 0 Å². The van der Waals surface area contributed by atoms with Crippen molar-refractivity contribution in [1.82, 2.24) is 15.3 Å². The van der Waals surface area contributed by atoms with Crippen LogP contribution < -0.4 is 15.5 Å². The first-order valence-electron chi connectivity index (χ1n) is 9.50. The summed E-state index contributed by atoms with van der Waals surface area (Å²) in [7, 11) is 0. The van der Waals surface area contributed by atoms with E-state index in [4.69, 9.17) is 9.84 Å². The van der Waals surface area contributed by atoms with Gasteiger partial charge in [0.1, 0.15) is 17.9 Å². The summed E-state index contributed by atoms with van der Waals surface area (Å²) in [5.41, 5.74) is 0.837. The molecule has 2 aromatic heterocycles. The fourth-order valence-corrected chi connectivity index (χ4v) is 3.86. The van der Waals surface area contributed by atoms with Gasteiger partial charge in [0, 0.05) is 18.9 Å². The van der Waals surface area contributed by atoms with Crippen molar-refractivity contribution in [3.05, 3.63) is 16.9 Å². The van der Waals surface area contributed by atoms with Gasteiger partial charge in [0.25, 0.3) is 0 Å². The molecular formula is C19H26BrN5O4. The van der Waals surface area contributed by atoms with Crippen molar-refractivity contribution in [2.24, 2.45) is 0 Å². The number of H-pyrrole nitrogens is 1. The number of anilines is 2. The summed E-state index contributed by atoms with van der Waals surface area (Å²) in [6.07, 6.45) is 4.47. The number of hydrogen-bond acceptors (Lipinski definition) is 6. The number of carbonyl (C=O) groups is 2. The number of nitrogens with one attached hydrogen (secondary N) is 3. The number of rotatable bonds is 4. The molecule has 1 atom stereocenters. The average molecular weight is 468 g/mol. The first-order valence-corrected chi connectivity index (χ1v) is 10.3. The van der Waals surface area contributed by atoms with Crippen molar-refractivity contribution in [2.45, 2.75) is 45.3 Å². The minimum absolute atomic E-state index is 0.128. The van der Waals surface area contributed by atoms with E-state index in [-0.39, 0.29) is 6.04 Å². The predicted molar refractivity (Wildman–Crippen MR) is 114 cm³/mol. The van der Waals surface area contributed by atoms with Crippen LogP contribution in [0.3, 0.4) is 0 Å². The van der Waals surface area contributed by atoms with E-state index in [2.05, 4.69) is 36.5 Å². The van der Waals surface area contributed by atoms with Crippen LogP contribution in [-0.4, -0.2) is 58.4 Å². The fourth-order valence-electron chi connectivity index (χ4n) is 3.37. The summed E-state index contributed by atoms with van der Waals surface area (Å²) in [5, 5.41) is 15.7. The van der Waals surface area contributed by atoms with Crippen LogP contribution in [0.5, 0.6) is 0 Å². The van der Waals surface area contributed by atoms with Gasteiger partial charge in [-0.05, 0) is 56.1 Å². The lowest BCUT2D eigenvalue weighted by molar-refractivity contribution is -0.118. The van der Waals surface area contributed by atoms with E-state index in [0.29, 0.717) is 33.4 Å². The minimum atomic E-state index is -0.665. The topological polar surface area (TPSA) is 120 Å². The lowest BCUT2D eigenvalue weighted by atomic mass is 10.0. The third kappa shape index (κ3) is 4.88. The van der Waals surface area contributed by atoms with E-state index < -0.39 is 24.2 Å². The number of aromatic amines is 1. The summed E-state index contributed by atoms with van der Waals surface area (Å²) in [6, 6.07) is -0.128. The number of hydrogen-bond donors (Lipinski definition) is 4. The number of ether oxygens (including phenoxy) is 1. The van der Waals surface area contributed by atoms with Crippen LogP contribution in [0.1, 0.15) is 33.6 Å². The first kappa shape index (κ1) is 21.5. The minimum Gasteiger partial charge on any atom is -0.443 e. The molecule has 1 aliphatic rings. The Hall–Kier alpha value is -2.17. The highest BCUT2D eigenvalue weighted by molar-refractivity contribution is 9.10. The van der Waals surface area contributed by atoms with Crippen LogP contribution in [0.4, 0.5) is 16.2 Å². The highest BCUT2D eigenvalue weighted by Gasteiger charge is 2.34. The quantitative estimate of drug-likeness (QED) is 0.548. The Bertz CT molecular complexity index is 902. The number of aliphatic hydroxyl groups excluding tert-OH is 1. The highest BCUT2D eigenvalue weighted by Crippen LogP contribution is 2.40. The Morgan fingerprint density at radius 3 is 2.83 bits per heavy atom. The third-order valence-electron chi connectivity index (χ3n) is 4.51. The smallest absolute Gasteiger partial charge is 0.415 e. The van der Waals surface area contributed by atoms with Crippen molar-refractivity contribution < 1.29 is 19.4 Å². The van der Waals surface area contributed by atoms with Gasteiger partial charge in [-0.15, -0.1) is 0 Å². The van der Waals surface area contributed by atoms with Crippen molar-refractivity contribution >= 4 is 50.3 Å². The van der Waals surface area contributed by atoms with E-state index >= 15 is 0 Å². The molecule has 3 rings (SSSR count). The van der Waals surface area contributed by atoms with Gasteiger partial charge >= 0.3 is 6.09 Å². The maximum atomic E-state index is 13.3. The number of aliphatic hydroxyl groups is 1. The molecule has 1 saturated heterocycles. The summed E-state index contributed by atoms with van der Waals surface area (Å²) in [5.74, 6) is -0.556. The highest BCUT2D eigenvalue weighted by atomic mass is 79.9. The Balaban J connectivity index is 2.15. The zero-order valence-corrected chi connectivity index (χ0v) is 18.3. The molecule has 158 valence electrons. The molecule has 29 heavy (non-hydrogen) atoms. The van der Waals surface area contributed by atoms with Crippen LogP contribution >= 0.6 is 15.9 Å². The van der Waals surface area contributed by atoms with Crippen LogP contribution in [0, 0.1) is 0 Å². The lowest BCUT2D eigenvalue weighted by Crippen LogP contribution is -2.50. The second-order valence-electron chi connectivity index (χ2n) is 7.94. The van der Waals surface area contributed by atoms with Gasteiger partial charge in [-0.25, -0.2) is 9.78 Å². The molecule has 0 aliphatic carbocycles. The molecule has 0 radical (unpaired) electrons. The molecule has 0 saturated carbocycles. The molecule has 2 aromatic rings. The monoisotopic (exact) mass is 467 g/mol. The van der Waals surface area contributed by atoms with Gasteiger partial charge in [0.05, 0.1) is 27.3 Å². The van der Waals surface area contributed by atoms with Crippen molar-refractivity contribution in [1.29, 1.82) is 0 Å². The van der Waals surface area contributed by atoms with E-state index in [9.17, 15) is 9.59 Å². The number of nitrogens with zero attached hydrogens (tertiary/aromatic N) is 2. The molecule has 0 unspecified atom stereocenters. The SMILES string of the molecule is CC(C)(C)OC(=O)N(c1c(Br)cnc2[nH]cc(NC(=O)CO)c12)[C@@H]1CCCNC1. The van der Waals surface area contributed by atoms with Gasteiger partial charge < -0.3 is 25.5 Å². The fraction of sp³-hybridized carbons (Fsp3) is 0.526.